The first-order chi connectivity index (χ1) is 6.58. The van der Waals surface area contributed by atoms with E-state index in [1.165, 1.54) is 0 Å². The van der Waals surface area contributed by atoms with Crippen LogP contribution in [0.5, 0.6) is 0 Å². The number of carboxylic acids is 1. The van der Waals surface area contributed by atoms with Crippen LogP contribution in [0.2, 0.25) is 0 Å². The van der Waals surface area contributed by atoms with Gasteiger partial charge in [0.1, 0.15) is 11.5 Å². The summed E-state index contributed by atoms with van der Waals surface area (Å²) in [5.74, 6) is 0.154. The average molecular weight is 196 g/mol. The predicted molar refractivity (Wildman–Crippen MR) is 47.9 cm³/mol. The summed E-state index contributed by atoms with van der Waals surface area (Å²) in [5.41, 5.74) is -1.30. The van der Waals surface area contributed by atoms with Crippen LogP contribution in [-0.2, 0) is 23.2 Å². The summed E-state index contributed by atoms with van der Waals surface area (Å²) in [6.07, 6.45) is 1.42. The van der Waals surface area contributed by atoms with Gasteiger partial charge >= 0.3 is 5.97 Å². The first-order valence-corrected chi connectivity index (χ1v) is 4.65. The van der Waals surface area contributed by atoms with Crippen LogP contribution in [-0.4, -0.2) is 16.2 Å². The zero-order valence-corrected chi connectivity index (χ0v) is 7.91. The zero-order chi connectivity index (χ0) is 10.3. The van der Waals surface area contributed by atoms with Crippen molar-refractivity contribution in [2.24, 2.45) is 0 Å². The van der Waals surface area contributed by atoms with Crippen LogP contribution in [0.3, 0.4) is 0 Å². The smallest absolute Gasteiger partial charge is 0.340 e. The van der Waals surface area contributed by atoms with E-state index in [2.05, 4.69) is 0 Å². The fourth-order valence-electron chi connectivity index (χ4n) is 1.85. The minimum Gasteiger partial charge on any atom is -0.479 e. The van der Waals surface area contributed by atoms with Gasteiger partial charge in [-0.15, -0.1) is 0 Å². The zero-order valence-electron chi connectivity index (χ0n) is 7.91. The number of rotatable bonds is 2. The maximum Gasteiger partial charge on any atom is 0.340 e. The molecule has 1 aromatic rings. The van der Waals surface area contributed by atoms with Crippen molar-refractivity contribution in [3.63, 3.8) is 0 Å². The van der Waals surface area contributed by atoms with Crippen molar-refractivity contribution in [1.29, 1.82) is 0 Å². The van der Waals surface area contributed by atoms with Crippen LogP contribution in [0.1, 0.15) is 30.4 Å². The van der Waals surface area contributed by atoms with E-state index < -0.39 is 11.6 Å². The molecule has 14 heavy (non-hydrogen) atoms. The molecule has 1 atom stereocenters. The Labute approximate surface area is 81.2 Å². The third-order valence-corrected chi connectivity index (χ3v) is 2.72. The summed E-state index contributed by atoms with van der Waals surface area (Å²) in [6, 6.07) is 1.65. The van der Waals surface area contributed by atoms with Gasteiger partial charge in [0.25, 0.3) is 0 Å². The highest BCUT2D eigenvalue weighted by Crippen LogP contribution is 2.39. The molecule has 1 heterocycles. The van der Waals surface area contributed by atoms with Gasteiger partial charge < -0.3 is 14.6 Å². The molecule has 4 nitrogen and oxygen atoms in total. The van der Waals surface area contributed by atoms with Gasteiger partial charge in [-0.2, -0.15) is 0 Å². The Morgan fingerprint density at radius 2 is 2.43 bits per heavy atom. The van der Waals surface area contributed by atoms with Crippen LogP contribution in [0.15, 0.2) is 10.5 Å². The number of carbonyl (C=O) groups is 1. The molecule has 1 aromatic heterocycles. The molecular weight excluding hydrogens is 184 g/mol. The molecule has 2 rings (SSSR count). The highest BCUT2D eigenvalue weighted by molar-refractivity contribution is 5.80. The molecule has 2 N–H and O–H groups in total. The Hall–Kier alpha value is -1.29. The lowest BCUT2D eigenvalue weighted by Crippen LogP contribution is -2.32. The summed E-state index contributed by atoms with van der Waals surface area (Å²) < 4.78 is 5.40. The van der Waals surface area contributed by atoms with E-state index in [0.29, 0.717) is 24.2 Å². The molecule has 0 saturated heterocycles. The minimum absolute atomic E-state index is 0.209. The lowest BCUT2D eigenvalue weighted by Gasteiger charge is -2.15. The second-order valence-corrected chi connectivity index (χ2v) is 3.57. The highest BCUT2D eigenvalue weighted by Gasteiger charge is 2.46. The Morgan fingerprint density at radius 3 is 3.00 bits per heavy atom. The molecule has 76 valence electrons. The van der Waals surface area contributed by atoms with E-state index in [1.54, 1.807) is 6.07 Å². The number of hydrogen-bond acceptors (Lipinski definition) is 3. The van der Waals surface area contributed by atoms with Gasteiger partial charge in [0, 0.05) is 18.4 Å². The summed E-state index contributed by atoms with van der Waals surface area (Å²) in [6.45, 7) is 1.92. The number of hydrogen-bond donors (Lipinski definition) is 2. The van der Waals surface area contributed by atoms with Crippen molar-refractivity contribution in [1.82, 2.24) is 0 Å². The molecule has 0 spiro atoms. The molecule has 0 saturated carbocycles. The standard InChI is InChI=1S/C10H12O4/c1-2-6-5-7-8(14-6)3-4-10(7,13)9(11)12/h5,13H,2-4H2,1H3,(H,11,12). The third kappa shape index (κ3) is 1.07. The van der Waals surface area contributed by atoms with Crippen LogP contribution in [0.4, 0.5) is 0 Å². The van der Waals surface area contributed by atoms with Crippen LogP contribution < -0.4 is 0 Å². The van der Waals surface area contributed by atoms with Gasteiger partial charge in [-0.3, -0.25) is 0 Å². The monoisotopic (exact) mass is 196 g/mol. The molecule has 1 unspecified atom stereocenters. The van der Waals surface area contributed by atoms with Gasteiger partial charge in [-0.05, 0) is 12.5 Å². The normalized spacial score (nSPS) is 25.0. The lowest BCUT2D eigenvalue weighted by molar-refractivity contribution is -0.159. The molecule has 4 heteroatoms. The molecule has 1 aliphatic rings. The molecule has 0 bridgehead atoms. The van der Waals surface area contributed by atoms with E-state index >= 15 is 0 Å². The number of aryl methyl sites for hydroxylation is 2. The van der Waals surface area contributed by atoms with Gasteiger partial charge in [0.2, 0.25) is 0 Å². The quantitative estimate of drug-likeness (QED) is 0.742. The highest BCUT2D eigenvalue weighted by atomic mass is 16.4. The number of carboxylic acid groups (broad SMARTS) is 1. The second-order valence-electron chi connectivity index (χ2n) is 3.57. The van der Waals surface area contributed by atoms with E-state index in [-0.39, 0.29) is 6.42 Å². The van der Waals surface area contributed by atoms with Gasteiger partial charge in [-0.25, -0.2) is 4.79 Å². The Bertz CT molecular complexity index is 379. The molecule has 1 aliphatic carbocycles. The number of aliphatic hydroxyl groups is 1. The molecule has 0 fully saturated rings. The Balaban J connectivity index is 2.47. The minimum atomic E-state index is -1.73. The molecule has 0 aromatic carbocycles. The average Bonchev–Trinajstić information content (AvgIpc) is 2.67. The molecule has 0 aliphatic heterocycles. The molecule has 0 amide bonds. The van der Waals surface area contributed by atoms with Crippen molar-refractivity contribution in [3.8, 4) is 0 Å². The Kier molecular flexibility index (Phi) is 1.89. The van der Waals surface area contributed by atoms with Crippen molar-refractivity contribution in [2.45, 2.75) is 31.8 Å². The van der Waals surface area contributed by atoms with Gasteiger partial charge in [-0.1, -0.05) is 6.92 Å². The van der Waals surface area contributed by atoms with Crippen LogP contribution >= 0.6 is 0 Å². The lowest BCUT2D eigenvalue weighted by atomic mass is 9.98. The summed E-state index contributed by atoms with van der Waals surface area (Å²) in [7, 11) is 0. The second kappa shape index (κ2) is 2.85. The van der Waals surface area contributed by atoms with E-state index in [1.807, 2.05) is 6.92 Å². The fraction of sp³-hybridized carbons (Fsp3) is 0.500. The Morgan fingerprint density at radius 1 is 1.71 bits per heavy atom. The van der Waals surface area contributed by atoms with Crippen LogP contribution in [0.25, 0.3) is 0 Å². The first kappa shape index (κ1) is 9.27. The largest absolute Gasteiger partial charge is 0.479 e. The molecular formula is C10H12O4. The summed E-state index contributed by atoms with van der Waals surface area (Å²) in [5, 5.41) is 18.8. The number of furan rings is 1. The molecule has 0 radical (unpaired) electrons. The summed E-state index contributed by atoms with van der Waals surface area (Å²) >= 11 is 0. The van der Waals surface area contributed by atoms with Crippen molar-refractivity contribution >= 4 is 5.97 Å². The SMILES string of the molecule is CCc1cc2c(o1)CCC2(O)C(=O)O. The number of aliphatic carboxylic acids is 1. The van der Waals surface area contributed by atoms with E-state index in [0.717, 1.165) is 5.76 Å². The third-order valence-electron chi connectivity index (χ3n) is 2.72. The maximum absolute atomic E-state index is 10.9. The predicted octanol–water partition coefficient (Wildman–Crippen LogP) is 1.06. The van der Waals surface area contributed by atoms with Gasteiger partial charge in [0.05, 0.1) is 0 Å². The fourth-order valence-corrected chi connectivity index (χ4v) is 1.85. The first-order valence-electron chi connectivity index (χ1n) is 4.65. The van der Waals surface area contributed by atoms with Crippen molar-refractivity contribution in [3.05, 3.63) is 23.2 Å². The maximum atomic E-state index is 10.9. The van der Waals surface area contributed by atoms with Crippen LogP contribution in [0, 0.1) is 0 Å². The number of fused-ring (bicyclic) bond motifs is 1. The topological polar surface area (TPSA) is 70.7 Å². The van der Waals surface area contributed by atoms with E-state index in [4.69, 9.17) is 9.52 Å². The van der Waals surface area contributed by atoms with Gasteiger partial charge in [0.15, 0.2) is 5.60 Å². The van der Waals surface area contributed by atoms with E-state index in [9.17, 15) is 9.90 Å². The summed E-state index contributed by atoms with van der Waals surface area (Å²) in [4.78, 5) is 10.9. The van der Waals surface area contributed by atoms with Crippen molar-refractivity contribution < 1.29 is 19.4 Å². The van der Waals surface area contributed by atoms with Crippen molar-refractivity contribution in [2.75, 3.05) is 0 Å².